The molecule has 0 radical (unpaired) electrons. The highest BCUT2D eigenvalue weighted by molar-refractivity contribution is 6.31. The summed E-state index contributed by atoms with van der Waals surface area (Å²) in [5.41, 5.74) is 6.85. The third-order valence-electron chi connectivity index (χ3n) is 3.43. The zero-order valence-electron chi connectivity index (χ0n) is 10.1. The molecule has 1 aromatic rings. The van der Waals surface area contributed by atoms with Gasteiger partial charge in [-0.25, -0.2) is 0 Å². The maximum absolute atomic E-state index is 12.4. The van der Waals surface area contributed by atoms with Gasteiger partial charge >= 0.3 is 0 Å². The van der Waals surface area contributed by atoms with Crippen LogP contribution in [0.2, 0.25) is 5.02 Å². The van der Waals surface area contributed by atoms with E-state index in [-0.39, 0.29) is 18.0 Å². The number of hydrogen-bond donors (Lipinski definition) is 1. The Morgan fingerprint density at radius 3 is 2.47 bits per heavy atom. The lowest BCUT2D eigenvalue weighted by Crippen LogP contribution is -2.38. The van der Waals surface area contributed by atoms with Gasteiger partial charge in [-0.15, -0.1) is 0 Å². The number of carbonyl (C=O) groups excluding carboxylic acids is 1. The van der Waals surface area contributed by atoms with Gasteiger partial charge in [0, 0.05) is 22.8 Å². The summed E-state index contributed by atoms with van der Waals surface area (Å²) in [5.74, 6) is 0.0108. The number of rotatable bonds is 1. The summed E-state index contributed by atoms with van der Waals surface area (Å²) in [6.07, 6.45) is 2.11. The molecule has 1 aliphatic rings. The molecule has 92 valence electrons. The van der Waals surface area contributed by atoms with Crippen molar-refractivity contribution in [2.75, 3.05) is 5.73 Å². The standard InChI is InChI=1S/C13H17ClN2O/c1-8-3-4-9(2)16(8)13(17)11-6-5-10(14)7-12(11)15/h5-9H,3-4,15H2,1-2H3. The molecule has 4 heteroatoms. The maximum Gasteiger partial charge on any atom is 0.256 e. The highest BCUT2D eigenvalue weighted by atomic mass is 35.5. The molecule has 0 bridgehead atoms. The topological polar surface area (TPSA) is 46.3 Å². The van der Waals surface area contributed by atoms with Gasteiger partial charge in [0.25, 0.3) is 5.91 Å². The Balaban J connectivity index is 2.30. The first-order valence-electron chi connectivity index (χ1n) is 5.88. The molecule has 1 amide bonds. The summed E-state index contributed by atoms with van der Waals surface area (Å²) in [6.45, 7) is 4.15. The fraction of sp³-hybridized carbons (Fsp3) is 0.462. The fourth-order valence-corrected chi connectivity index (χ4v) is 2.64. The first-order valence-corrected chi connectivity index (χ1v) is 6.26. The quantitative estimate of drug-likeness (QED) is 0.781. The number of benzene rings is 1. The van der Waals surface area contributed by atoms with E-state index in [0.717, 1.165) is 12.8 Å². The van der Waals surface area contributed by atoms with Crippen molar-refractivity contribution in [3.05, 3.63) is 28.8 Å². The molecule has 1 heterocycles. The second kappa shape index (κ2) is 4.57. The van der Waals surface area contributed by atoms with E-state index in [1.54, 1.807) is 18.2 Å². The Morgan fingerprint density at radius 2 is 1.94 bits per heavy atom. The van der Waals surface area contributed by atoms with Crippen LogP contribution < -0.4 is 5.73 Å². The molecule has 3 nitrogen and oxygen atoms in total. The number of amides is 1. The predicted molar refractivity (Wildman–Crippen MR) is 70.2 cm³/mol. The minimum Gasteiger partial charge on any atom is -0.398 e. The average molecular weight is 253 g/mol. The zero-order valence-corrected chi connectivity index (χ0v) is 10.9. The van der Waals surface area contributed by atoms with Crippen LogP contribution in [0.4, 0.5) is 5.69 Å². The van der Waals surface area contributed by atoms with Gasteiger partial charge in [0.1, 0.15) is 0 Å². The van der Waals surface area contributed by atoms with Crippen molar-refractivity contribution < 1.29 is 4.79 Å². The van der Waals surface area contributed by atoms with E-state index < -0.39 is 0 Å². The maximum atomic E-state index is 12.4. The van der Waals surface area contributed by atoms with Crippen LogP contribution in [-0.4, -0.2) is 22.9 Å². The average Bonchev–Trinajstić information content (AvgIpc) is 2.58. The summed E-state index contributed by atoms with van der Waals surface area (Å²) in [6, 6.07) is 5.61. The number of nitrogens with zero attached hydrogens (tertiary/aromatic N) is 1. The van der Waals surface area contributed by atoms with Gasteiger partial charge in [0.2, 0.25) is 0 Å². The van der Waals surface area contributed by atoms with Crippen molar-refractivity contribution in [3.63, 3.8) is 0 Å². The summed E-state index contributed by atoms with van der Waals surface area (Å²) < 4.78 is 0. The molecule has 1 aromatic carbocycles. The smallest absolute Gasteiger partial charge is 0.256 e. The first kappa shape index (κ1) is 12.2. The van der Waals surface area contributed by atoms with Gasteiger partial charge in [-0.3, -0.25) is 4.79 Å². The number of nitrogen functional groups attached to an aromatic ring is 1. The highest BCUT2D eigenvalue weighted by Gasteiger charge is 2.32. The number of anilines is 1. The molecule has 17 heavy (non-hydrogen) atoms. The van der Waals surface area contributed by atoms with E-state index in [1.165, 1.54) is 0 Å². The second-order valence-electron chi connectivity index (χ2n) is 4.72. The number of nitrogens with two attached hydrogens (primary N) is 1. The van der Waals surface area contributed by atoms with Gasteiger partial charge in [0.05, 0.1) is 5.56 Å². The van der Waals surface area contributed by atoms with E-state index in [4.69, 9.17) is 17.3 Å². The molecule has 1 fully saturated rings. The van der Waals surface area contributed by atoms with Gasteiger partial charge in [-0.1, -0.05) is 11.6 Å². The molecule has 0 saturated carbocycles. The third-order valence-corrected chi connectivity index (χ3v) is 3.67. The highest BCUT2D eigenvalue weighted by Crippen LogP contribution is 2.28. The van der Waals surface area contributed by atoms with E-state index in [9.17, 15) is 4.79 Å². The minimum absolute atomic E-state index is 0.0108. The lowest BCUT2D eigenvalue weighted by Gasteiger charge is -2.26. The van der Waals surface area contributed by atoms with Gasteiger partial charge in [-0.05, 0) is 44.9 Å². The largest absolute Gasteiger partial charge is 0.398 e. The first-order chi connectivity index (χ1) is 8.00. The van der Waals surface area contributed by atoms with E-state index in [1.807, 2.05) is 4.90 Å². The molecule has 0 spiro atoms. The number of halogens is 1. The van der Waals surface area contributed by atoms with E-state index in [0.29, 0.717) is 16.3 Å². The summed E-state index contributed by atoms with van der Waals surface area (Å²) in [4.78, 5) is 14.3. The van der Waals surface area contributed by atoms with E-state index >= 15 is 0 Å². The normalized spacial score (nSPS) is 24.1. The van der Waals surface area contributed by atoms with Gasteiger partial charge in [-0.2, -0.15) is 0 Å². The second-order valence-corrected chi connectivity index (χ2v) is 5.16. The lowest BCUT2D eigenvalue weighted by molar-refractivity contribution is 0.0694. The van der Waals surface area contributed by atoms with Gasteiger partial charge in [0.15, 0.2) is 0 Å². The number of hydrogen-bond acceptors (Lipinski definition) is 2. The van der Waals surface area contributed by atoms with Crippen LogP contribution in [0.5, 0.6) is 0 Å². The summed E-state index contributed by atoms with van der Waals surface area (Å²) in [7, 11) is 0. The van der Waals surface area contributed by atoms with Crippen LogP contribution >= 0.6 is 11.6 Å². The van der Waals surface area contributed by atoms with Crippen molar-refractivity contribution in [1.29, 1.82) is 0 Å². The van der Waals surface area contributed by atoms with Crippen molar-refractivity contribution in [1.82, 2.24) is 4.90 Å². The minimum atomic E-state index is 0.0108. The SMILES string of the molecule is CC1CCC(C)N1C(=O)c1ccc(Cl)cc1N. The van der Waals surface area contributed by atoms with Crippen molar-refractivity contribution >= 4 is 23.2 Å². The van der Waals surface area contributed by atoms with E-state index in [2.05, 4.69) is 13.8 Å². The van der Waals surface area contributed by atoms with Crippen LogP contribution in [0, 0.1) is 0 Å². The Kier molecular flexibility index (Phi) is 3.29. The monoisotopic (exact) mass is 252 g/mol. The summed E-state index contributed by atoms with van der Waals surface area (Å²) >= 11 is 5.83. The Morgan fingerprint density at radius 1 is 1.35 bits per heavy atom. The molecular formula is C13H17ClN2O. The van der Waals surface area contributed by atoms with Crippen molar-refractivity contribution in [2.24, 2.45) is 0 Å². The third kappa shape index (κ3) is 2.25. The zero-order chi connectivity index (χ0) is 12.6. The number of carbonyl (C=O) groups is 1. The molecule has 2 N–H and O–H groups in total. The Bertz CT molecular complexity index is 437. The van der Waals surface area contributed by atoms with Crippen LogP contribution in [0.3, 0.4) is 0 Å². The van der Waals surface area contributed by atoms with Crippen LogP contribution in [-0.2, 0) is 0 Å². The van der Waals surface area contributed by atoms with Crippen molar-refractivity contribution in [3.8, 4) is 0 Å². The predicted octanol–water partition coefficient (Wildman–Crippen LogP) is 2.94. The molecule has 0 aromatic heterocycles. The van der Waals surface area contributed by atoms with Crippen LogP contribution in [0.1, 0.15) is 37.0 Å². The molecular weight excluding hydrogens is 236 g/mol. The molecule has 2 unspecified atom stereocenters. The van der Waals surface area contributed by atoms with Crippen LogP contribution in [0.25, 0.3) is 0 Å². The number of likely N-dealkylation sites (tertiary alicyclic amines) is 1. The molecule has 2 rings (SSSR count). The van der Waals surface area contributed by atoms with Crippen LogP contribution in [0.15, 0.2) is 18.2 Å². The molecule has 1 aliphatic heterocycles. The fourth-order valence-electron chi connectivity index (χ4n) is 2.46. The summed E-state index contributed by atoms with van der Waals surface area (Å²) in [5, 5.41) is 0.557. The molecule has 0 aliphatic carbocycles. The van der Waals surface area contributed by atoms with Crippen molar-refractivity contribution in [2.45, 2.75) is 38.8 Å². The Labute approximate surface area is 107 Å². The Hall–Kier alpha value is -1.22. The molecule has 2 atom stereocenters. The lowest BCUT2D eigenvalue weighted by atomic mass is 10.1. The molecule has 1 saturated heterocycles. The van der Waals surface area contributed by atoms with Gasteiger partial charge < -0.3 is 10.6 Å².